The van der Waals surface area contributed by atoms with E-state index >= 15 is 0 Å². The van der Waals surface area contributed by atoms with E-state index in [2.05, 4.69) is 5.32 Å². The van der Waals surface area contributed by atoms with Crippen molar-refractivity contribution in [3.63, 3.8) is 0 Å². The molecular weight excluding hydrogens is 198 g/mol. The number of carbonyl (C=O) groups excluding carboxylic acids is 2. The number of benzene rings is 1. The van der Waals surface area contributed by atoms with Crippen LogP contribution in [0.3, 0.4) is 0 Å². The number of nitrogens with one attached hydrogen (secondary N) is 1. The third-order valence-corrected chi connectivity index (χ3v) is 2.14. The van der Waals surface area contributed by atoms with Crippen LogP contribution >= 0.6 is 11.8 Å². The second-order valence-electron chi connectivity index (χ2n) is 2.36. The van der Waals surface area contributed by atoms with E-state index in [4.69, 9.17) is 0 Å². The van der Waals surface area contributed by atoms with Gasteiger partial charge in [0.1, 0.15) is 0 Å². The number of hydrogen-bond acceptors (Lipinski definition) is 3. The van der Waals surface area contributed by atoms with E-state index in [1.165, 1.54) is 11.6 Å². The van der Waals surface area contributed by atoms with E-state index in [-0.39, 0.29) is 5.12 Å². The van der Waals surface area contributed by atoms with Gasteiger partial charge in [0, 0.05) is 11.8 Å². The molecule has 0 unspecified atom stereocenters. The number of amides is 1. The van der Waals surface area contributed by atoms with Gasteiger partial charge in [0.2, 0.25) is 11.5 Å². The normalized spacial score (nSPS) is 10.0. The molecule has 1 aromatic carbocycles. The maximum Gasteiger partial charge on any atom is 0.223 e. The van der Waals surface area contributed by atoms with Crippen LogP contribution in [0.5, 0.6) is 0 Å². The highest BCUT2D eigenvalue weighted by Gasteiger charge is 2.01. The van der Waals surface area contributed by atoms with Crippen molar-refractivity contribution in [2.24, 2.45) is 0 Å². The summed E-state index contributed by atoms with van der Waals surface area (Å²) in [5.74, 6) is 0. The van der Waals surface area contributed by atoms with Crippen molar-refractivity contribution < 1.29 is 9.59 Å². The zero-order chi connectivity index (χ0) is 10.2. The van der Waals surface area contributed by atoms with Crippen molar-refractivity contribution in [3.8, 4) is 0 Å². The van der Waals surface area contributed by atoms with Crippen LogP contribution in [0, 0.1) is 0 Å². The Hall–Kier alpha value is -1.55. The Bertz CT molecular complexity index is 335. The SMILES string of the molecule is O=CN/C=C\SC(=O)c1ccccc1. The van der Waals surface area contributed by atoms with Gasteiger partial charge < -0.3 is 5.32 Å². The summed E-state index contributed by atoms with van der Waals surface area (Å²) in [6.07, 6.45) is 1.96. The quantitative estimate of drug-likeness (QED) is 0.765. The van der Waals surface area contributed by atoms with Crippen molar-refractivity contribution in [1.29, 1.82) is 0 Å². The third-order valence-electron chi connectivity index (χ3n) is 1.42. The molecule has 0 spiro atoms. The molecule has 14 heavy (non-hydrogen) atoms. The van der Waals surface area contributed by atoms with Gasteiger partial charge in [-0.2, -0.15) is 0 Å². The minimum Gasteiger partial charge on any atom is -0.335 e. The lowest BCUT2D eigenvalue weighted by molar-refractivity contribution is -0.108. The molecule has 72 valence electrons. The Balaban J connectivity index is 2.47. The van der Waals surface area contributed by atoms with E-state index in [1.54, 1.807) is 24.3 Å². The predicted octanol–water partition coefficient (Wildman–Crippen LogP) is 1.78. The molecular formula is C10H9NO2S. The van der Waals surface area contributed by atoms with Crippen LogP contribution in [0.1, 0.15) is 10.4 Å². The minimum absolute atomic E-state index is 0.0467. The maximum atomic E-state index is 11.4. The molecule has 0 aliphatic heterocycles. The van der Waals surface area contributed by atoms with Crippen LogP contribution in [-0.4, -0.2) is 11.5 Å². The fourth-order valence-electron chi connectivity index (χ4n) is 0.817. The van der Waals surface area contributed by atoms with Crippen LogP contribution in [-0.2, 0) is 4.79 Å². The predicted molar refractivity (Wildman–Crippen MR) is 56.7 cm³/mol. The average Bonchev–Trinajstić information content (AvgIpc) is 2.25. The molecule has 0 fully saturated rings. The van der Waals surface area contributed by atoms with Gasteiger partial charge in [0.15, 0.2) is 0 Å². The first-order valence-electron chi connectivity index (χ1n) is 3.95. The van der Waals surface area contributed by atoms with Gasteiger partial charge >= 0.3 is 0 Å². The lowest BCUT2D eigenvalue weighted by Crippen LogP contribution is -1.98. The van der Waals surface area contributed by atoms with Gasteiger partial charge in [-0.1, -0.05) is 42.1 Å². The maximum absolute atomic E-state index is 11.4. The van der Waals surface area contributed by atoms with E-state index in [9.17, 15) is 9.59 Å². The highest BCUT2D eigenvalue weighted by Crippen LogP contribution is 2.12. The summed E-state index contributed by atoms with van der Waals surface area (Å²) in [6.45, 7) is 0. The van der Waals surface area contributed by atoms with Crippen molar-refractivity contribution in [2.45, 2.75) is 0 Å². The third kappa shape index (κ3) is 3.45. The zero-order valence-electron chi connectivity index (χ0n) is 7.34. The summed E-state index contributed by atoms with van der Waals surface area (Å²) in [4.78, 5) is 21.3. The number of rotatable bonds is 4. The zero-order valence-corrected chi connectivity index (χ0v) is 8.16. The first-order chi connectivity index (χ1) is 6.84. The molecule has 1 rings (SSSR count). The monoisotopic (exact) mass is 207 g/mol. The Morgan fingerprint density at radius 1 is 1.29 bits per heavy atom. The first-order valence-corrected chi connectivity index (χ1v) is 4.83. The van der Waals surface area contributed by atoms with Crippen LogP contribution in [0.2, 0.25) is 0 Å². The number of hydrogen-bond donors (Lipinski definition) is 1. The second-order valence-corrected chi connectivity index (χ2v) is 3.24. The molecule has 0 radical (unpaired) electrons. The second kappa shape index (κ2) is 5.99. The summed E-state index contributed by atoms with van der Waals surface area (Å²) in [6, 6.07) is 8.96. The summed E-state index contributed by atoms with van der Waals surface area (Å²) in [5, 5.41) is 3.81. The van der Waals surface area contributed by atoms with Crippen LogP contribution in [0.15, 0.2) is 41.9 Å². The fourth-order valence-corrected chi connectivity index (χ4v) is 1.36. The molecule has 0 aromatic heterocycles. The first kappa shape index (κ1) is 10.5. The molecule has 4 heteroatoms. The highest BCUT2D eigenvalue weighted by atomic mass is 32.2. The summed E-state index contributed by atoms with van der Waals surface area (Å²) in [7, 11) is 0. The number of thioether (sulfide) groups is 1. The van der Waals surface area contributed by atoms with Gasteiger partial charge in [-0.15, -0.1) is 0 Å². The van der Waals surface area contributed by atoms with Crippen LogP contribution < -0.4 is 5.32 Å². The average molecular weight is 207 g/mol. The Labute approximate surface area is 86.2 Å². The molecule has 0 saturated heterocycles. The van der Waals surface area contributed by atoms with Gasteiger partial charge in [0.25, 0.3) is 0 Å². The van der Waals surface area contributed by atoms with Crippen molar-refractivity contribution in [1.82, 2.24) is 5.32 Å². The number of carbonyl (C=O) groups is 2. The summed E-state index contributed by atoms with van der Waals surface area (Å²) in [5.41, 5.74) is 0.647. The van der Waals surface area contributed by atoms with Crippen molar-refractivity contribution in [3.05, 3.63) is 47.5 Å². The summed E-state index contributed by atoms with van der Waals surface area (Å²) < 4.78 is 0. The van der Waals surface area contributed by atoms with Crippen molar-refractivity contribution >= 4 is 23.3 Å². The largest absolute Gasteiger partial charge is 0.335 e. The van der Waals surface area contributed by atoms with Gasteiger partial charge in [-0.3, -0.25) is 9.59 Å². The van der Waals surface area contributed by atoms with Crippen LogP contribution in [0.25, 0.3) is 0 Å². The molecule has 1 aromatic rings. The molecule has 0 saturated carbocycles. The summed E-state index contributed by atoms with van der Waals surface area (Å²) >= 11 is 1.03. The van der Waals surface area contributed by atoms with E-state index in [0.717, 1.165) is 11.8 Å². The molecule has 3 nitrogen and oxygen atoms in total. The Morgan fingerprint density at radius 2 is 2.00 bits per heavy atom. The van der Waals surface area contributed by atoms with E-state index in [1.807, 2.05) is 6.07 Å². The minimum atomic E-state index is -0.0467. The van der Waals surface area contributed by atoms with Crippen molar-refractivity contribution in [2.75, 3.05) is 0 Å². The van der Waals surface area contributed by atoms with Gasteiger partial charge in [-0.25, -0.2) is 0 Å². The Morgan fingerprint density at radius 3 is 2.64 bits per heavy atom. The molecule has 0 bridgehead atoms. The smallest absolute Gasteiger partial charge is 0.223 e. The highest BCUT2D eigenvalue weighted by molar-refractivity contribution is 8.16. The molecule has 1 N–H and O–H groups in total. The van der Waals surface area contributed by atoms with E-state index < -0.39 is 0 Å². The molecule has 0 atom stereocenters. The van der Waals surface area contributed by atoms with Gasteiger partial charge in [-0.05, 0) is 5.41 Å². The fraction of sp³-hybridized carbons (Fsp3) is 0. The standard InChI is InChI=1S/C10H9NO2S/c12-8-11-6-7-14-10(13)9-4-2-1-3-5-9/h1-8H,(H,11,12)/b7-6-. The van der Waals surface area contributed by atoms with E-state index in [0.29, 0.717) is 12.0 Å². The lowest BCUT2D eigenvalue weighted by atomic mass is 10.2. The lowest BCUT2D eigenvalue weighted by Gasteiger charge is -1.94. The molecule has 0 aliphatic carbocycles. The molecule has 1 amide bonds. The van der Waals surface area contributed by atoms with Gasteiger partial charge in [0.05, 0.1) is 0 Å². The molecule has 0 aliphatic rings. The topological polar surface area (TPSA) is 46.2 Å². The van der Waals surface area contributed by atoms with Crippen LogP contribution in [0.4, 0.5) is 0 Å². The molecule has 0 heterocycles. The Kier molecular flexibility index (Phi) is 4.50.